The smallest absolute Gasteiger partial charge is 0.159 e. The molecule has 0 unspecified atom stereocenters. The second kappa shape index (κ2) is 2.85. The van der Waals surface area contributed by atoms with E-state index in [-0.39, 0.29) is 0 Å². The average Bonchev–Trinajstić information content (AvgIpc) is 2.98. The first-order valence-electron chi connectivity index (χ1n) is 4.95. The Bertz CT molecular complexity index is 542. The topological polar surface area (TPSA) is 56.7 Å². The lowest BCUT2D eigenvalue weighted by molar-refractivity contribution is 0.759. The fourth-order valence-electron chi connectivity index (χ4n) is 1.87. The highest BCUT2D eigenvalue weighted by Crippen LogP contribution is 2.44. The van der Waals surface area contributed by atoms with E-state index < -0.39 is 0 Å². The summed E-state index contributed by atoms with van der Waals surface area (Å²) in [4.78, 5) is 4.26. The van der Waals surface area contributed by atoms with Gasteiger partial charge in [0.1, 0.15) is 0 Å². The maximum atomic E-state index is 6.20. The van der Waals surface area contributed by atoms with Gasteiger partial charge in [-0.15, -0.1) is 0 Å². The van der Waals surface area contributed by atoms with Crippen molar-refractivity contribution in [3.63, 3.8) is 0 Å². The molecule has 0 aromatic carbocycles. The number of anilines is 1. The van der Waals surface area contributed by atoms with Crippen molar-refractivity contribution in [2.45, 2.75) is 18.8 Å². The highest BCUT2D eigenvalue weighted by atomic mass is 35.5. The molecule has 2 N–H and O–H groups in total. The van der Waals surface area contributed by atoms with Gasteiger partial charge in [-0.25, -0.2) is 4.98 Å². The van der Waals surface area contributed by atoms with Gasteiger partial charge >= 0.3 is 0 Å². The molecule has 2 aromatic rings. The number of halogens is 1. The third-order valence-electron chi connectivity index (χ3n) is 2.81. The van der Waals surface area contributed by atoms with Gasteiger partial charge in [-0.05, 0) is 12.8 Å². The lowest BCUT2D eigenvalue weighted by atomic mass is 10.2. The molecule has 0 bridgehead atoms. The van der Waals surface area contributed by atoms with Crippen molar-refractivity contribution in [2.24, 2.45) is 7.05 Å². The number of pyridine rings is 1. The minimum absolute atomic E-state index is 0.527. The minimum Gasteiger partial charge on any atom is -0.396 e. The predicted octanol–water partition coefficient (Wildman–Crippen LogP) is 2.08. The fraction of sp³-hybridized carbons (Fsp3) is 0.400. The van der Waals surface area contributed by atoms with Gasteiger partial charge in [0, 0.05) is 13.0 Å². The highest BCUT2D eigenvalue weighted by molar-refractivity contribution is 6.38. The van der Waals surface area contributed by atoms with E-state index in [1.165, 1.54) is 12.8 Å². The van der Waals surface area contributed by atoms with E-state index in [0.29, 0.717) is 16.6 Å². The second-order valence-corrected chi connectivity index (χ2v) is 4.39. The van der Waals surface area contributed by atoms with Gasteiger partial charge < -0.3 is 5.73 Å². The maximum absolute atomic E-state index is 6.20. The van der Waals surface area contributed by atoms with Crippen molar-refractivity contribution in [1.82, 2.24) is 14.8 Å². The first-order chi connectivity index (χ1) is 7.18. The normalized spacial score (nSPS) is 16.1. The SMILES string of the molecule is Cn1nc(C2CC2)c2c(Cl)c(N)cnc21. The molecule has 5 heteroatoms. The molecular weight excluding hydrogens is 212 g/mol. The third-order valence-corrected chi connectivity index (χ3v) is 3.21. The zero-order valence-electron chi connectivity index (χ0n) is 8.37. The monoisotopic (exact) mass is 222 g/mol. The van der Waals surface area contributed by atoms with Gasteiger partial charge in [0.2, 0.25) is 0 Å². The molecule has 1 saturated carbocycles. The van der Waals surface area contributed by atoms with Crippen LogP contribution in [-0.4, -0.2) is 14.8 Å². The van der Waals surface area contributed by atoms with E-state index in [4.69, 9.17) is 17.3 Å². The highest BCUT2D eigenvalue weighted by Gasteiger charge is 2.30. The van der Waals surface area contributed by atoms with Gasteiger partial charge in [-0.2, -0.15) is 5.10 Å². The average molecular weight is 223 g/mol. The number of fused-ring (bicyclic) bond motifs is 1. The summed E-state index contributed by atoms with van der Waals surface area (Å²) in [5.74, 6) is 0.551. The molecule has 0 radical (unpaired) electrons. The van der Waals surface area contributed by atoms with E-state index in [9.17, 15) is 0 Å². The quantitative estimate of drug-likeness (QED) is 0.804. The van der Waals surface area contributed by atoms with Crippen molar-refractivity contribution >= 4 is 28.3 Å². The van der Waals surface area contributed by atoms with E-state index in [2.05, 4.69) is 10.1 Å². The van der Waals surface area contributed by atoms with Gasteiger partial charge in [0.15, 0.2) is 5.65 Å². The fourth-order valence-corrected chi connectivity index (χ4v) is 2.10. The zero-order valence-corrected chi connectivity index (χ0v) is 9.12. The Hall–Kier alpha value is -1.29. The molecule has 15 heavy (non-hydrogen) atoms. The van der Waals surface area contributed by atoms with Gasteiger partial charge in [-0.1, -0.05) is 11.6 Å². The van der Waals surface area contributed by atoms with E-state index in [1.54, 1.807) is 10.9 Å². The molecule has 1 fully saturated rings. The lowest BCUT2D eigenvalue weighted by Gasteiger charge is -1.99. The summed E-state index contributed by atoms with van der Waals surface area (Å²) in [5, 5.41) is 5.99. The number of rotatable bonds is 1. The van der Waals surface area contributed by atoms with Gasteiger partial charge in [-0.3, -0.25) is 4.68 Å². The summed E-state index contributed by atoms with van der Waals surface area (Å²) in [6, 6.07) is 0. The molecule has 4 nitrogen and oxygen atoms in total. The summed E-state index contributed by atoms with van der Waals surface area (Å²) in [6.45, 7) is 0. The van der Waals surface area contributed by atoms with E-state index in [0.717, 1.165) is 16.7 Å². The van der Waals surface area contributed by atoms with Crippen molar-refractivity contribution in [2.75, 3.05) is 5.73 Å². The van der Waals surface area contributed by atoms with Crippen LogP contribution in [0.4, 0.5) is 5.69 Å². The maximum Gasteiger partial charge on any atom is 0.159 e. The predicted molar refractivity (Wildman–Crippen MR) is 59.9 cm³/mol. The first kappa shape index (κ1) is 8.97. The van der Waals surface area contributed by atoms with Crippen molar-refractivity contribution in [1.29, 1.82) is 0 Å². The van der Waals surface area contributed by atoms with Crippen LogP contribution in [0.5, 0.6) is 0 Å². The molecule has 1 aliphatic rings. The molecule has 2 aromatic heterocycles. The second-order valence-electron chi connectivity index (χ2n) is 4.01. The summed E-state index contributed by atoms with van der Waals surface area (Å²) in [6.07, 6.45) is 3.97. The van der Waals surface area contributed by atoms with Crippen LogP contribution in [0.3, 0.4) is 0 Å². The Labute approximate surface area is 92.0 Å². The van der Waals surface area contributed by atoms with Crippen molar-refractivity contribution in [3.05, 3.63) is 16.9 Å². The van der Waals surface area contributed by atoms with E-state index in [1.807, 2.05) is 7.05 Å². The molecule has 0 saturated heterocycles. The number of hydrogen-bond acceptors (Lipinski definition) is 3. The molecule has 0 amide bonds. The number of nitrogens with two attached hydrogens (primary N) is 1. The largest absolute Gasteiger partial charge is 0.396 e. The summed E-state index contributed by atoms with van der Waals surface area (Å²) < 4.78 is 1.77. The Kier molecular flexibility index (Phi) is 1.71. The molecule has 1 aliphatic carbocycles. The van der Waals surface area contributed by atoms with Crippen molar-refractivity contribution in [3.8, 4) is 0 Å². The standard InChI is InChI=1S/C10H11ClN4/c1-15-10-7(8(11)6(12)4-13-10)9(14-15)5-2-3-5/h4-5H,2-3,12H2,1H3. The molecule has 0 atom stereocenters. The van der Waals surface area contributed by atoms with Crippen LogP contribution in [0.25, 0.3) is 11.0 Å². The van der Waals surface area contributed by atoms with Crippen LogP contribution in [0.1, 0.15) is 24.5 Å². The summed E-state index contributed by atoms with van der Waals surface area (Å²) >= 11 is 6.20. The zero-order chi connectivity index (χ0) is 10.6. The van der Waals surface area contributed by atoms with Crippen LogP contribution in [-0.2, 0) is 7.05 Å². The Balaban J connectivity index is 2.40. The van der Waals surface area contributed by atoms with Crippen LogP contribution in [0.15, 0.2) is 6.20 Å². The lowest BCUT2D eigenvalue weighted by Crippen LogP contribution is -1.93. The summed E-state index contributed by atoms with van der Waals surface area (Å²) in [5.41, 5.74) is 8.15. The number of nitrogens with zero attached hydrogens (tertiary/aromatic N) is 3. The third kappa shape index (κ3) is 1.21. The molecule has 0 spiro atoms. The van der Waals surface area contributed by atoms with Gasteiger partial charge in [0.05, 0.1) is 28.0 Å². The van der Waals surface area contributed by atoms with Crippen LogP contribution in [0, 0.1) is 0 Å². The van der Waals surface area contributed by atoms with Gasteiger partial charge in [0.25, 0.3) is 0 Å². The van der Waals surface area contributed by atoms with Crippen LogP contribution in [0.2, 0.25) is 5.02 Å². The number of aryl methyl sites for hydroxylation is 1. The number of nitrogen functional groups attached to an aromatic ring is 1. The van der Waals surface area contributed by atoms with E-state index >= 15 is 0 Å². The molecule has 78 valence electrons. The molecule has 0 aliphatic heterocycles. The molecule has 3 rings (SSSR count). The Morgan fingerprint density at radius 2 is 2.27 bits per heavy atom. The first-order valence-corrected chi connectivity index (χ1v) is 5.33. The van der Waals surface area contributed by atoms with Crippen LogP contribution < -0.4 is 5.73 Å². The van der Waals surface area contributed by atoms with Crippen molar-refractivity contribution < 1.29 is 0 Å². The molecular formula is C10H11ClN4. The number of hydrogen-bond donors (Lipinski definition) is 1. The molecule has 2 heterocycles. The number of aromatic nitrogens is 3. The minimum atomic E-state index is 0.527. The van der Waals surface area contributed by atoms with Crippen LogP contribution >= 0.6 is 11.6 Å². The Morgan fingerprint density at radius 1 is 1.53 bits per heavy atom. The summed E-state index contributed by atoms with van der Waals surface area (Å²) in [7, 11) is 1.88. The Morgan fingerprint density at radius 3 is 2.93 bits per heavy atom.